The standard InChI is InChI=1S/C12H26N2O/c1-3-6-12(2,9-13)10-14-7-4-5-11(15)8-14/h11,15H,3-10,13H2,1-2H3. The molecule has 0 saturated carbocycles. The first-order chi connectivity index (χ1) is 7.09. The van der Waals surface area contributed by atoms with Crippen LogP contribution in [-0.2, 0) is 0 Å². The Labute approximate surface area is 93.6 Å². The van der Waals surface area contributed by atoms with Gasteiger partial charge in [-0.25, -0.2) is 0 Å². The number of β-amino-alcohol motifs (C(OH)–C–C–N with tert-alkyl or cyclic N) is 1. The Balaban J connectivity index is 2.43. The van der Waals surface area contributed by atoms with E-state index >= 15 is 0 Å². The van der Waals surface area contributed by atoms with Gasteiger partial charge in [0.1, 0.15) is 0 Å². The third-order valence-electron chi connectivity index (χ3n) is 3.43. The lowest BCUT2D eigenvalue weighted by Crippen LogP contribution is -2.46. The molecule has 1 heterocycles. The molecular formula is C12H26N2O. The van der Waals surface area contributed by atoms with Gasteiger partial charge in [-0.1, -0.05) is 20.3 Å². The van der Waals surface area contributed by atoms with Crippen molar-refractivity contribution in [2.24, 2.45) is 11.1 Å². The quantitative estimate of drug-likeness (QED) is 0.723. The molecule has 1 aliphatic heterocycles. The minimum absolute atomic E-state index is 0.123. The zero-order valence-electron chi connectivity index (χ0n) is 10.2. The monoisotopic (exact) mass is 214 g/mol. The number of hydrogen-bond acceptors (Lipinski definition) is 3. The molecule has 1 fully saturated rings. The molecule has 90 valence electrons. The molecule has 2 unspecified atom stereocenters. The Hall–Kier alpha value is -0.120. The largest absolute Gasteiger partial charge is 0.392 e. The van der Waals surface area contributed by atoms with Crippen LogP contribution in [0.15, 0.2) is 0 Å². The SMILES string of the molecule is CCCC(C)(CN)CN1CCCC(O)C1. The topological polar surface area (TPSA) is 49.5 Å². The lowest BCUT2D eigenvalue weighted by atomic mass is 9.84. The Kier molecular flexibility index (Phi) is 5.03. The molecule has 15 heavy (non-hydrogen) atoms. The van der Waals surface area contributed by atoms with Gasteiger partial charge in [0, 0.05) is 13.1 Å². The number of nitrogens with two attached hydrogens (primary N) is 1. The summed E-state index contributed by atoms with van der Waals surface area (Å²) in [7, 11) is 0. The minimum Gasteiger partial charge on any atom is -0.392 e. The number of piperidine rings is 1. The number of aliphatic hydroxyl groups is 1. The van der Waals surface area contributed by atoms with Crippen molar-refractivity contribution in [1.82, 2.24) is 4.90 Å². The van der Waals surface area contributed by atoms with E-state index in [1.54, 1.807) is 0 Å². The highest BCUT2D eigenvalue weighted by molar-refractivity contribution is 4.82. The van der Waals surface area contributed by atoms with Gasteiger partial charge in [0.05, 0.1) is 6.10 Å². The van der Waals surface area contributed by atoms with E-state index in [4.69, 9.17) is 5.73 Å². The molecular weight excluding hydrogens is 188 g/mol. The van der Waals surface area contributed by atoms with Crippen LogP contribution in [0.1, 0.15) is 39.5 Å². The molecule has 2 atom stereocenters. The normalized spacial score (nSPS) is 27.6. The summed E-state index contributed by atoms with van der Waals surface area (Å²) in [6, 6.07) is 0. The summed E-state index contributed by atoms with van der Waals surface area (Å²) in [5.74, 6) is 0. The van der Waals surface area contributed by atoms with Crippen molar-refractivity contribution in [3.05, 3.63) is 0 Å². The summed E-state index contributed by atoms with van der Waals surface area (Å²) in [6.07, 6.45) is 4.32. The van der Waals surface area contributed by atoms with Crippen LogP contribution in [0.2, 0.25) is 0 Å². The molecule has 0 aromatic heterocycles. The van der Waals surface area contributed by atoms with Crippen LogP contribution < -0.4 is 5.73 Å². The van der Waals surface area contributed by atoms with Gasteiger partial charge in [0.25, 0.3) is 0 Å². The first-order valence-corrected chi connectivity index (χ1v) is 6.20. The van der Waals surface area contributed by atoms with Crippen molar-refractivity contribution in [2.45, 2.75) is 45.6 Å². The second kappa shape index (κ2) is 5.83. The highest BCUT2D eigenvalue weighted by atomic mass is 16.3. The second-order valence-electron chi connectivity index (χ2n) is 5.30. The van der Waals surface area contributed by atoms with Crippen molar-refractivity contribution in [3.8, 4) is 0 Å². The van der Waals surface area contributed by atoms with Gasteiger partial charge in [-0.15, -0.1) is 0 Å². The van der Waals surface area contributed by atoms with Gasteiger partial charge in [-0.2, -0.15) is 0 Å². The Morgan fingerprint density at radius 2 is 2.27 bits per heavy atom. The predicted octanol–water partition coefficient (Wildman–Crippen LogP) is 1.21. The summed E-state index contributed by atoms with van der Waals surface area (Å²) < 4.78 is 0. The number of hydrogen-bond donors (Lipinski definition) is 2. The van der Waals surface area contributed by atoms with Crippen molar-refractivity contribution in [1.29, 1.82) is 0 Å². The van der Waals surface area contributed by atoms with Crippen LogP contribution in [0.25, 0.3) is 0 Å². The number of rotatable bonds is 5. The van der Waals surface area contributed by atoms with Crippen molar-refractivity contribution >= 4 is 0 Å². The van der Waals surface area contributed by atoms with E-state index in [0.717, 1.165) is 39.0 Å². The second-order valence-corrected chi connectivity index (χ2v) is 5.30. The van der Waals surface area contributed by atoms with E-state index in [9.17, 15) is 5.11 Å². The zero-order chi connectivity index (χ0) is 11.3. The van der Waals surface area contributed by atoms with E-state index in [-0.39, 0.29) is 11.5 Å². The molecule has 0 radical (unpaired) electrons. The lowest BCUT2D eigenvalue weighted by Gasteiger charge is -2.38. The van der Waals surface area contributed by atoms with Crippen LogP contribution in [-0.4, -0.2) is 42.3 Å². The van der Waals surface area contributed by atoms with Crippen molar-refractivity contribution in [3.63, 3.8) is 0 Å². The number of aliphatic hydroxyl groups excluding tert-OH is 1. The minimum atomic E-state index is -0.123. The molecule has 1 rings (SSSR count). The summed E-state index contributed by atoms with van der Waals surface area (Å²) in [5, 5.41) is 9.61. The third kappa shape index (κ3) is 4.09. The molecule has 3 N–H and O–H groups in total. The average molecular weight is 214 g/mol. The molecule has 0 bridgehead atoms. The van der Waals surface area contributed by atoms with Crippen molar-refractivity contribution in [2.75, 3.05) is 26.2 Å². The van der Waals surface area contributed by atoms with Crippen LogP contribution in [0.5, 0.6) is 0 Å². The van der Waals surface area contributed by atoms with Crippen LogP contribution in [0.3, 0.4) is 0 Å². The Morgan fingerprint density at radius 1 is 1.53 bits per heavy atom. The highest BCUT2D eigenvalue weighted by Crippen LogP contribution is 2.24. The molecule has 0 aromatic rings. The fraction of sp³-hybridized carbons (Fsp3) is 1.00. The van der Waals surface area contributed by atoms with Gasteiger partial charge >= 0.3 is 0 Å². The zero-order valence-corrected chi connectivity index (χ0v) is 10.2. The maximum absolute atomic E-state index is 9.61. The van der Waals surface area contributed by atoms with Gasteiger partial charge in [0.15, 0.2) is 0 Å². The third-order valence-corrected chi connectivity index (χ3v) is 3.43. The van der Waals surface area contributed by atoms with Crippen LogP contribution >= 0.6 is 0 Å². The van der Waals surface area contributed by atoms with Crippen LogP contribution in [0, 0.1) is 5.41 Å². The van der Waals surface area contributed by atoms with Gasteiger partial charge in [0.2, 0.25) is 0 Å². The first kappa shape index (κ1) is 12.9. The average Bonchev–Trinajstić information content (AvgIpc) is 2.18. The Bertz CT molecular complexity index is 186. The van der Waals surface area contributed by atoms with E-state index in [1.807, 2.05) is 0 Å². The molecule has 1 saturated heterocycles. The smallest absolute Gasteiger partial charge is 0.0667 e. The van der Waals surface area contributed by atoms with Crippen molar-refractivity contribution < 1.29 is 5.11 Å². The maximum atomic E-state index is 9.61. The van der Waals surface area contributed by atoms with Crippen LogP contribution in [0.4, 0.5) is 0 Å². The fourth-order valence-corrected chi connectivity index (χ4v) is 2.56. The predicted molar refractivity (Wildman–Crippen MR) is 63.8 cm³/mol. The lowest BCUT2D eigenvalue weighted by molar-refractivity contribution is 0.0463. The molecule has 0 aliphatic carbocycles. The van der Waals surface area contributed by atoms with E-state index < -0.39 is 0 Å². The summed E-state index contributed by atoms with van der Waals surface area (Å²) in [4.78, 5) is 2.37. The molecule has 0 spiro atoms. The summed E-state index contributed by atoms with van der Waals surface area (Å²) in [5.41, 5.74) is 6.08. The first-order valence-electron chi connectivity index (χ1n) is 6.20. The fourth-order valence-electron chi connectivity index (χ4n) is 2.56. The number of likely N-dealkylation sites (tertiary alicyclic amines) is 1. The summed E-state index contributed by atoms with van der Waals surface area (Å²) in [6.45, 7) is 8.20. The highest BCUT2D eigenvalue weighted by Gasteiger charge is 2.27. The van der Waals surface area contributed by atoms with Gasteiger partial charge in [-0.05, 0) is 37.8 Å². The van der Waals surface area contributed by atoms with Gasteiger partial charge < -0.3 is 15.7 Å². The van der Waals surface area contributed by atoms with E-state index in [2.05, 4.69) is 18.7 Å². The van der Waals surface area contributed by atoms with E-state index in [0.29, 0.717) is 0 Å². The van der Waals surface area contributed by atoms with E-state index in [1.165, 1.54) is 12.8 Å². The molecule has 1 aliphatic rings. The summed E-state index contributed by atoms with van der Waals surface area (Å²) >= 11 is 0. The maximum Gasteiger partial charge on any atom is 0.0667 e. The number of nitrogens with zero attached hydrogens (tertiary/aromatic N) is 1. The molecule has 3 nitrogen and oxygen atoms in total. The van der Waals surface area contributed by atoms with Gasteiger partial charge in [-0.3, -0.25) is 0 Å². The molecule has 0 amide bonds. The molecule has 3 heteroatoms. The molecule has 0 aromatic carbocycles. The Morgan fingerprint density at radius 3 is 2.80 bits per heavy atom.